The zero-order valence-electron chi connectivity index (χ0n) is 17.5. The van der Waals surface area contributed by atoms with E-state index in [-0.39, 0.29) is 0 Å². The highest BCUT2D eigenvalue weighted by molar-refractivity contribution is 5.87. The van der Waals surface area contributed by atoms with Gasteiger partial charge in [-0.1, -0.05) is 12.1 Å². The maximum Gasteiger partial charge on any atom is 0.412 e. The summed E-state index contributed by atoms with van der Waals surface area (Å²) in [5.74, 6) is 0. The molecule has 6 heteroatoms. The molecule has 1 aliphatic rings. The Morgan fingerprint density at radius 3 is 2.52 bits per heavy atom. The predicted octanol–water partition coefficient (Wildman–Crippen LogP) is 4.17. The number of nitrogen functional groups attached to an aromatic ring is 1. The van der Waals surface area contributed by atoms with E-state index < -0.39 is 11.6 Å². The molecule has 0 spiro atoms. The van der Waals surface area contributed by atoms with Crippen molar-refractivity contribution in [3.63, 3.8) is 0 Å². The molecule has 0 atom stereocenters. The molecular weight excluding hydrogens is 366 g/mol. The molecule has 1 saturated heterocycles. The third-order valence-corrected chi connectivity index (χ3v) is 5.17. The molecule has 0 aromatic heterocycles. The van der Waals surface area contributed by atoms with Crippen molar-refractivity contribution in [2.45, 2.75) is 39.2 Å². The minimum atomic E-state index is -0.944. The first kappa shape index (κ1) is 21.0. The van der Waals surface area contributed by atoms with Crippen molar-refractivity contribution < 1.29 is 14.6 Å². The zero-order chi connectivity index (χ0) is 21.0. The number of carbonyl (C=O) groups is 1. The third kappa shape index (κ3) is 5.21. The molecule has 3 N–H and O–H groups in total. The lowest BCUT2D eigenvalue weighted by Gasteiger charge is -2.33. The van der Waals surface area contributed by atoms with Crippen molar-refractivity contribution >= 4 is 23.2 Å². The summed E-state index contributed by atoms with van der Waals surface area (Å²) in [5, 5.41) is 9.67. The summed E-state index contributed by atoms with van der Waals surface area (Å²) in [6.07, 6.45) is 0.704. The third-order valence-electron chi connectivity index (χ3n) is 5.17. The summed E-state index contributed by atoms with van der Waals surface area (Å²) in [5.41, 5.74) is 10.5. The number of anilines is 3. The van der Waals surface area contributed by atoms with E-state index in [0.29, 0.717) is 5.69 Å². The van der Waals surface area contributed by atoms with E-state index in [1.165, 1.54) is 16.2 Å². The Labute approximate surface area is 172 Å². The van der Waals surface area contributed by atoms with Gasteiger partial charge in [-0.05, 0) is 75.1 Å². The van der Waals surface area contributed by atoms with Crippen LogP contribution < -0.4 is 15.5 Å². The van der Waals surface area contributed by atoms with Gasteiger partial charge in [0.15, 0.2) is 0 Å². The van der Waals surface area contributed by atoms with E-state index in [1.54, 1.807) is 0 Å². The molecule has 0 saturated carbocycles. The predicted molar refractivity (Wildman–Crippen MR) is 118 cm³/mol. The average molecular weight is 398 g/mol. The van der Waals surface area contributed by atoms with Gasteiger partial charge in [0, 0.05) is 35.7 Å². The number of nitrogens with zero attached hydrogens (tertiary/aromatic N) is 2. The lowest BCUT2D eigenvalue weighted by Crippen LogP contribution is -2.45. The Hall–Kier alpha value is -2.73. The van der Waals surface area contributed by atoms with Crippen molar-refractivity contribution in [1.29, 1.82) is 0 Å². The van der Waals surface area contributed by atoms with Gasteiger partial charge in [0.05, 0.1) is 13.2 Å². The van der Waals surface area contributed by atoms with Crippen LogP contribution in [-0.2, 0) is 17.6 Å². The summed E-state index contributed by atoms with van der Waals surface area (Å²) in [7, 11) is 0. The maximum absolute atomic E-state index is 11.8. The number of morpholine rings is 1. The summed E-state index contributed by atoms with van der Waals surface area (Å²) in [4.78, 5) is 15.6. The number of benzene rings is 2. The van der Waals surface area contributed by atoms with Gasteiger partial charge >= 0.3 is 6.09 Å². The van der Waals surface area contributed by atoms with Crippen LogP contribution in [0.25, 0.3) is 0 Å². The van der Waals surface area contributed by atoms with Crippen LogP contribution in [0.3, 0.4) is 0 Å². The van der Waals surface area contributed by atoms with Crippen LogP contribution in [0.4, 0.5) is 21.9 Å². The summed E-state index contributed by atoms with van der Waals surface area (Å²) in [6.45, 7) is 8.93. The Morgan fingerprint density at radius 2 is 1.86 bits per heavy atom. The molecule has 1 aliphatic heterocycles. The number of aryl methyl sites for hydroxylation is 2. The fourth-order valence-electron chi connectivity index (χ4n) is 3.83. The highest BCUT2D eigenvalue weighted by Crippen LogP contribution is 2.28. The summed E-state index contributed by atoms with van der Waals surface area (Å²) in [6, 6.07) is 13.9. The van der Waals surface area contributed by atoms with E-state index >= 15 is 0 Å². The van der Waals surface area contributed by atoms with Gasteiger partial charge in [0.25, 0.3) is 0 Å². The number of ether oxygens (including phenoxy) is 1. The molecule has 2 aromatic carbocycles. The molecule has 0 bridgehead atoms. The number of nitrogens with two attached hydrogens (primary N) is 1. The van der Waals surface area contributed by atoms with E-state index in [1.807, 2.05) is 57.2 Å². The standard InChI is InChI=1S/C23H31N3O3/c1-23(2,3)26(22(27)28)20-6-4-5-17(15-20)7-8-18-16-19(24)9-10-21(18)25-11-13-29-14-12-25/h4-6,9-10,15-16H,7-8,11-14,24H2,1-3H3,(H,27,28). The van der Waals surface area contributed by atoms with Crippen LogP contribution in [0.2, 0.25) is 0 Å². The van der Waals surface area contributed by atoms with Crippen molar-refractivity contribution in [3.05, 3.63) is 53.6 Å². The molecule has 0 unspecified atom stereocenters. The Balaban J connectivity index is 1.80. The van der Waals surface area contributed by atoms with Gasteiger partial charge in [0.2, 0.25) is 0 Å². The van der Waals surface area contributed by atoms with Crippen LogP contribution in [0.5, 0.6) is 0 Å². The molecule has 0 aliphatic carbocycles. The number of hydrogen-bond donors (Lipinski definition) is 2. The van der Waals surface area contributed by atoms with Crippen LogP contribution in [0.15, 0.2) is 42.5 Å². The molecule has 0 radical (unpaired) electrons. The topological polar surface area (TPSA) is 79.0 Å². The fourth-order valence-corrected chi connectivity index (χ4v) is 3.83. The second kappa shape index (κ2) is 8.74. The first-order valence-electron chi connectivity index (χ1n) is 10.1. The lowest BCUT2D eigenvalue weighted by atomic mass is 10.00. The van der Waals surface area contributed by atoms with Gasteiger partial charge in [-0.25, -0.2) is 4.79 Å². The number of rotatable bonds is 5. The Bertz CT molecular complexity index is 855. The molecule has 156 valence electrons. The van der Waals surface area contributed by atoms with Crippen molar-refractivity contribution in [1.82, 2.24) is 0 Å². The quantitative estimate of drug-likeness (QED) is 0.740. The van der Waals surface area contributed by atoms with Gasteiger partial charge in [-0.15, -0.1) is 0 Å². The number of hydrogen-bond acceptors (Lipinski definition) is 4. The van der Waals surface area contributed by atoms with Crippen LogP contribution in [0.1, 0.15) is 31.9 Å². The van der Waals surface area contributed by atoms with Gasteiger partial charge < -0.3 is 20.5 Å². The monoisotopic (exact) mass is 397 g/mol. The van der Waals surface area contributed by atoms with Crippen LogP contribution in [-0.4, -0.2) is 43.0 Å². The Morgan fingerprint density at radius 1 is 1.14 bits per heavy atom. The smallest absolute Gasteiger partial charge is 0.412 e. The largest absolute Gasteiger partial charge is 0.465 e. The number of carboxylic acid groups (broad SMARTS) is 1. The molecule has 29 heavy (non-hydrogen) atoms. The molecule has 1 amide bonds. The van der Waals surface area contributed by atoms with Crippen LogP contribution >= 0.6 is 0 Å². The second-order valence-corrected chi connectivity index (χ2v) is 8.45. The van der Waals surface area contributed by atoms with Crippen LogP contribution in [0, 0.1) is 0 Å². The van der Waals surface area contributed by atoms with Gasteiger partial charge in [-0.2, -0.15) is 0 Å². The molecular formula is C23H31N3O3. The first-order valence-corrected chi connectivity index (χ1v) is 10.1. The van der Waals surface area contributed by atoms with Crippen molar-refractivity contribution in [3.8, 4) is 0 Å². The van der Waals surface area contributed by atoms with Crippen molar-refractivity contribution in [2.75, 3.05) is 41.8 Å². The molecule has 3 rings (SSSR count). The zero-order valence-corrected chi connectivity index (χ0v) is 17.5. The van der Waals surface area contributed by atoms with Gasteiger partial charge in [-0.3, -0.25) is 4.90 Å². The molecule has 6 nitrogen and oxygen atoms in total. The highest BCUT2D eigenvalue weighted by Gasteiger charge is 2.27. The lowest BCUT2D eigenvalue weighted by molar-refractivity contribution is 0.122. The maximum atomic E-state index is 11.8. The molecule has 1 heterocycles. The summed E-state index contributed by atoms with van der Waals surface area (Å²) >= 11 is 0. The summed E-state index contributed by atoms with van der Waals surface area (Å²) < 4.78 is 5.48. The highest BCUT2D eigenvalue weighted by atomic mass is 16.5. The molecule has 1 fully saturated rings. The van der Waals surface area contributed by atoms with E-state index in [4.69, 9.17) is 10.5 Å². The molecule has 2 aromatic rings. The normalized spacial score (nSPS) is 14.7. The van der Waals surface area contributed by atoms with E-state index in [2.05, 4.69) is 11.0 Å². The SMILES string of the molecule is CC(C)(C)N(C(=O)O)c1cccc(CCc2cc(N)ccc2N2CCOCC2)c1. The first-order chi connectivity index (χ1) is 13.8. The Kier molecular flexibility index (Phi) is 6.33. The van der Waals surface area contributed by atoms with E-state index in [9.17, 15) is 9.90 Å². The fraction of sp³-hybridized carbons (Fsp3) is 0.435. The average Bonchev–Trinajstić information content (AvgIpc) is 2.66. The van der Waals surface area contributed by atoms with Gasteiger partial charge in [0.1, 0.15) is 0 Å². The minimum Gasteiger partial charge on any atom is -0.465 e. The van der Waals surface area contributed by atoms with Crippen molar-refractivity contribution in [2.24, 2.45) is 0 Å². The number of amides is 1. The second-order valence-electron chi connectivity index (χ2n) is 8.45. The van der Waals surface area contributed by atoms with E-state index in [0.717, 1.165) is 50.4 Å². The minimum absolute atomic E-state index is 0.512.